The quantitative estimate of drug-likeness (QED) is 0.583. The van der Waals surface area contributed by atoms with Gasteiger partial charge in [-0.05, 0) is 22.0 Å². The Labute approximate surface area is 108 Å². The standard InChI is InChI=1S/C9H6BrFN2OS2/c10-5-3-15-7-1-6(13-16-11)4(2-12)9(14)8(5)7/h1-3,12-14H. The number of phenols is 1. The van der Waals surface area contributed by atoms with E-state index in [9.17, 15) is 8.99 Å². The van der Waals surface area contributed by atoms with Crippen molar-refractivity contribution in [1.82, 2.24) is 0 Å². The summed E-state index contributed by atoms with van der Waals surface area (Å²) in [5.41, 5.74) is 0.665. The molecule has 84 valence electrons. The summed E-state index contributed by atoms with van der Waals surface area (Å²) in [5.74, 6) is -0.0165. The number of anilines is 1. The van der Waals surface area contributed by atoms with Crippen LogP contribution in [-0.4, -0.2) is 11.3 Å². The Morgan fingerprint density at radius 2 is 2.38 bits per heavy atom. The summed E-state index contributed by atoms with van der Waals surface area (Å²) in [6.07, 6.45) is 0.997. The third kappa shape index (κ3) is 1.79. The second kappa shape index (κ2) is 4.60. The first-order valence-electron chi connectivity index (χ1n) is 4.15. The van der Waals surface area contributed by atoms with Crippen LogP contribution >= 0.6 is 39.6 Å². The van der Waals surface area contributed by atoms with Gasteiger partial charge in [-0.25, -0.2) is 0 Å². The summed E-state index contributed by atoms with van der Waals surface area (Å²) in [4.78, 5) is 0. The fourth-order valence-corrected chi connectivity index (χ4v) is 3.35. The zero-order valence-corrected chi connectivity index (χ0v) is 11.0. The van der Waals surface area contributed by atoms with Crippen molar-refractivity contribution >= 4 is 61.6 Å². The number of phenolic OH excluding ortho intramolecular Hbond substituents is 1. The summed E-state index contributed by atoms with van der Waals surface area (Å²) in [6.45, 7) is 0. The molecular weight excluding hydrogens is 315 g/mol. The molecule has 0 aliphatic heterocycles. The Hall–Kier alpha value is -0.790. The molecule has 1 heterocycles. The molecule has 0 radical (unpaired) electrons. The maximum atomic E-state index is 12.2. The maximum Gasteiger partial charge on any atom is 0.162 e. The first-order chi connectivity index (χ1) is 7.69. The molecule has 3 N–H and O–H groups in total. The average molecular weight is 321 g/mol. The molecule has 0 amide bonds. The molecule has 1 aromatic heterocycles. The van der Waals surface area contributed by atoms with Crippen LogP contribution in [0.5, 0.6) is 5.75 Å². The molecule has 0 saturated heterocycles. The smallest absolute Gasteiger partial charge is 0.162 e. The number of halogens is 2. The van der Waals surface area contributed by atoms with E-state index in [0.29, 0.717) is 11.1 Å². The zero-order chi connectivity index (χ0) is 11.7. The van der Waals surface area contributed by atoms with Crippen molar-refractivity contribution < 1.29 is 8.99 Å². The highest BCUT2D eigenvalue weighted by molar-refractivity contribution is 9.10. The van der Waals surface area contributed by atoms with Gasteiger partial charge in [0.25, 0.3) is 0 Å². The number of aromatic hydroxyl groups is 1. The number of fused-ring (bicyclic) bond motifs is 1. The Morgan fingerprint density at radius 1 is 1.62 bits per heavy atom. The van der Waals surface area contributed by atoms with Crippen molar-refractivity contribution in [2.45, 2.75) is 0 Å². The number of rotatable bonds is 3. The van der Waals surface area contributed by atoms with Crippen molar-refractivity contribution in [3.8, 4) is 5.75 Å². The van der Waals surface area contributed by atoms with E-state index in [2.05, 4.69) is 20.7 Å². The van der Waals surface area contributed by atoms with Gasteiger partial charge in [-0.15, -0.1) is 15.2 Å². The van der Waals surface area contributed by atoms with E-state index >= 15 is 0 Å². The molecule has 0 spiro atoms. The summed E-state index contributed by atoms with van der Waals surface area (Å²) >= 11 is 4.69. The van der Waals surface area contributed by atoms with Crippen molar-refractivity contribution in [1.29, 1.82) is 5.41 Å². The molecule has 1 aromatic carbocycles. The Kier molecular flexibility index (Phi) is 3.36. The minimum atomic E-state index is -0.0632. The molecule has 0 unspecified atom stereocenters. The lowest BCUT2D eigenvalue weighted by Gasteiger charge is -2.08. The van der Waals surface area contributed by atoms with Gasteiger partial charge in [0.05, 0.1) is 11.3 Å². The number of nitrogens with one attached hydrogen (secondary N) is 2. The number of benzene rings is 1. The normalized spacial score (nSPS) is 10.6. The first kappa shape index (κ1) is 11.7. The molecule has 7 heteroatoms. The van der Waals surface area contributed by atoms with E-state index in [0.717, 1.165) is 15.4 Å². The van der Waals surface area contributed by atoms with Crippen molar-refractivity contribution in [2.75, 3.05) is 4.72 Å². The third-order valence-corrected chi connectivity index (χ3v) is 4.28. The second-order valence-electron chi connectivity index (χ2n) is 2.97. The van der Waals surface area contributed by atoms with E-state index < -0.39 is 0 Å². The Balaban J connectivity index is 2.78. The summed E-state index contributed by atoms with van der Waals surface area (Å²) in [6, 6.07) is 1.71. The molecule has 0 aliphatic carbocycles. The average Bonchev–Trinajstić information content (AvgIpc) is 2.61. The molecule has 16 heavy (non-hydrogen) atoms. The van der Waals surface area contributed by atoms with Crippen LogP contribution in [0.3, 0.4) is 0 Å². The lowest BCUT2D eigenvalue weighted by molar-refractivity contribution is 0.481. The summed E-state index contributed by atoms with van der Waals surface area (Å²) < 4.78 is 16.2. The van der Waals surface area contributed by atoms with E-state index in [1.807, 2.05) is 5.38 Å². The molecule has 2 rings (SSSR count). The van der Waals surface area contributed by atoms with Crippen LogP contribution in [0.15, 0.2) is 15.9 Å². The monoisotopic (exact) mass is 320 g/mol. The van der Waals surface area contributed by atoms with Crippen LogP contribution in [0, 0.1) is 5.41 Å². The van der Waals surface area contributed by atoms with Gasteiger partial charge in [-0.1, -0.05) is 0 Å². The van der Waals surface area contributed by atoms with Gasteiger partial charge in [-0.3, -0.25) is 0 Å². The predicted octanol–water partition coefficient (Wildman–Crippen LogP) is 4.31. The first-order valence-corrected chi connectivity index (χ1v) is 6.54. The van der Waals surface area contributed by atoms with E-state index in [4.69, 9.17) is 5.41 Å². The highest BCUT2D eigenvalue weighted by Crippen LogP contribution is 2.42. The Morgan fingerprint density at radius 3 is 3.00 bits per heavy atom. The molecule has 3 nitrogen and oxygen atoms in total. The summed E-state index contributed by atoms with van der Waals surface area (Å²) in [5, 5.41) is 19.7. The molecular formula is C9H6BrFN2OS2. The van der Waals surface area contributed by atoms with Gasteiger partial charge in [0.2, 0.25) is 0 Å². The number of thiophene rings is 1. The van der Waals surface area contributed by atoms with Gasteiger partial charge in [0, 0.05) is 26.2 Å². The van der Waals surface area contributed by atoms with Gasteiger partial charge < -0.3 is 15.2 Å². The molecule has 0 atom stereocenters. The zero-order valence-electron chi connectivity index (χ0n) is 7.75. The van der Waals surface area contributed by atoms with Crippen LogP contribution in [0.4, 0.5) is 9.57 Å². The van der Waals surface area contributed by atoms with Gasteiger partial charge in [0.1, 0.15) is 5.75 Å². The van der Waals surface area contributed by atoms with Crippen LogP contribution < -0.4 is 4.72 Å². The fraction of sp³-hybridized carbons (Fsp3) is 0. The topological polar surface area (TPSA) is 56.1 Å². The molecule has 0 aliphatic rings. The molecule has 2 aromatic rings. The molecule has 0 saturated carbocycles. The third-order valence-electron chi connectivity index (χ3n) is 2.12. The maximum absolute atomic E-state index is 12.2. The van der Waals surface area contributed by atoms with Gasteiger partial charge >= 0.3 is 0 Å². The number of hydrogen-bond donors (Lipinski definition) is 3. The van der Waals surface area contributed by atoms with E-state index in [1.165, 1.54) is 11.3 Å². The highest BCUT2D eigenvalue weighted by Gasteiger charge is 2.14. The van der Waals surface area contributed by atoms with E-state index in [1.54, 1.807) is 6.07 Å². The lowest BCUT2D eigenvalue weighted by Crippen LogP contribution is -1.92. The molecule has 0 fully saturated rings. The van der Waals surface area contributed by atoms with Crippen molar-refractivity contribution in [3.05, 3.63) is 21.5 Å². The number of hydrogen-bond acceptors (Lipinski definition) is 5. The largest absolute Gasteiger partial charge is 0.506 e. The van der Waals surface area contributed by atoms with Crippen LogP contribution in [0.1, 0.15) is 5.56 Å². The Bertz CT molecular complexity index is 558. The van der Waals surface area contributed by atoms with Crippen molar-refractivity contribution in [3.63, 3.8) is 0 Å². The predicted molar refractivity (Wildman–Crippen MR) is 71.4 cm³/mol. The van der Waals surface area contributed by atoms with E-state index in [-0.39, 0.29) is 23.6 Å². The second-order valence-corrected chi connectivity index (χ2v) is 5.09. The van der Waals surface area contributed by atoms with Crippen LogP contribution in [-0.2, 0) is 0 Å². The fourth-order valence-electron chi connectivity index (χ4n) is 1.43. The minimum absolute atomic E-state index is 0.0165. The minimum Gasteiger partial charge on any atom is -0.506 e. The SMILES string of the molecule is N=Cc1c(NSF)cc2scc(Br)c2c1O. The summed E-state index contributed by atoms with van der Waals surface area (Å²) in [7, 11) is 0. The van der Waals surface area contributed by atoms with Crippen LogP contribution in [0.2, 0.25) is 0 Å². The van der Waals surface area contributed by atoms with Crippen molar-refractivity contribution in [2.24, 2.45) is 0 Å². The highest BCUT2D eigenvalue weighted by atomic mass is 79.9. The van der Waals surface area contributed by atoms with Gasteiger partial charge in [0.15, 0.2) is 12.3 Å². The molecule has 0 bridgehead atoms. The van der Waals surface area contributed by atoms with Crippen LogP contribution in [0.25, 0.3) is 10.1 Å². The lowest BCUT2D eigenvalue weighted by atomic mass is 10.1. The van der Waals surface area contributed by atoms with Gasteiger partial charge in [-0.2, -0.15) is 0 Å².